The van der Waals surface area contributed by atoms with E-state index in [0.717, 1.165) is 4.47 Å². The quantitative estimate of drug-likeness (QED) is 0.879. The zero-order valence-electron chi connectivity index (χ0n) is 8.44. The van der Waals surface area contributed by atoms with Gasteiger partial charge in [0.2, 0.25) is 0 Å². The molecule has 0 fully saturated rings. The van der Waals surface area contributed by atoms with Gasteiger partial charge in [-0.3, -0.25) is 4.79 Å². The maximum Gasteiger partial charge on any atom is 0.266 e. The summed E-state index contributed by atoms with van der Waals surface area (Å²) in [6.07, 6.45) is 2.08. The minimum atomic E-state index is -0.546. The molecule has 1 amide bonds. The van der Waals surface area contributed by atoms with Gasteiger partial charge >= 0.3 is 0 Å². The average molecular weight is 287 g/mol. The Hall–Kier alpha value is -1.14. The molecule has 86 valence electrons. The highest BCUT2D eigenvalue weighted by molar-refractivity contribution is 9.10. The minimum Gasteiger partial charge on any atom is -0.477 e. The second kappa shape index (κ2) is 4.80. The van der Waals surface area contributed by atoms with Crippen molar-refractivity contribution in [1.82, 2.24) is 4.98 Å². The van der Waals surface area contributed by atoms with Gasteiger partial charge in [-0.15, -0.1) is 0 Å². The van der Waals surface area contributed by atoms with Crippen LogP contribution in [0.25, 0.3) is 0 Å². The van der Waals surface area contributed by atoms with Crippen molar-refractivity contribution in [3.05, 3.63) is 16.7 Å². The Morgan fingerprint density at radius 3 is 3.19 bits per heavy atom. The molecule has 6 heteroatoms. The number of aliphatic hydroxyl groups excluding tert-OH is 1. The number of halogens is 1. The first-order valence-corrected chi connectivity index (χ1v) is 5.74. The van der Waals surface area contributed by atoms with Gasteiger partial charge in [0.1, 0.15) is 0 Å². The Balaban J connectivity index is 2.16. The third-order valence-electron chi connectivity index (χ3n) is 2.25. The van der Waals surface area contributed by atoms with Gasteiger partial charge in [0.25, 0.3) is 5.91 Å². The highest BCUT2D eigenvalue weighted by atomic mass is 79.9. The number of hydrogen-bond acceptors (Lipinski definition) is 4. The van der Waals surface area contributed by atoms with E-state index in [9.17, 15) is 4.79 Å². The highest BCUT2D eigenvalue weighted by Crippen LogP contribution is 2.30. The minimum absolute atomic E-state index is 0.0523. The molecule has 5 nitrogen and oxygen atoms in total. The molecule has 1 aromatic heterocycles. The maximum absolute atomic E-state index is 11.6. The molecule has 0 saturated carbocycles. The van der Waals surface area contributed by atoms with Crippen molar-refractivity contribution in [2.45, 2.75) is 18.9 Å². The largest absolute Gasteiger partial charge is 0.477 e. The number of hydrogen-bond donors (Lipinski definition) is 2. The summed E-state index contributed by atoms with van der Waals surface area (Å²) in [5.41, 5.74) is 0. The topological polar surface area (TPSA) is 71.5 Å². The van der Waals surface area contributed by atoms with Crippen molar-refractivity contribution >= 4 is 27.7 Å². The van der Waals surface area contributed by atoms with E-state index in [1.807, 2.05) is 0 Å². The van der Waals surface area contributed by atoms with Crippen molar-refractivity contribution in [3.8, 4) is 5.75 Å². The predicted octanol–water partition coefficient (Wildman–Crippen LogP) is 1.32. The number of fused-ring (bicyclic) bond motifs is 1. The van der Waals surface area contributed by atoms with Crippen LogP contribution in [0.1, 0.15) is 12.8 Å². The fourth-order valence-corrected chi connectivity index (χ4v) is 1.79. The third kappa shape index (κ3) is 2.33. The summed E-state index contributed by atoms with van der Waals surface area (Å²) in [5, 5.41) is 11.4. The van der Waals surface area contributed by atoms with Crippen LogP contribution < -0.4 is 10.1 Å². The van der Waals surface area contributed by atoms with Gasteiger partial charge in [0.05, 0.1) is 0 Å². The van der Waals surface area contributed by atoms with Gasteiger partial charge in [-0.25, -0.2) is 4.98 Å². The first kappa shape index (κ1) is 11.3. The normalized spacial score (nSPS) is 18.6. The second-order valence-electron chi connectivity index (χ2n) is 3.46. The molecule has 1 atom stereocenters. The standard InChI is InChI=1S/C10H11BrN2O3/c11-6-4-8-9(12-5-6)13-10(15)7(16-8)2-1-3-14/h4-5,7,14H,1-3H2,(H,12,13,15). The van der Waals surface area contributed by atoms with Crippen LogP contribution in [-0.4, -0.2) is 28.7 Å². The molecule has 0 radical (unpaired) electrons. The Morgan fingerprint density at radius 1 is 1.62 bits per heavy atom. The van der Waals surface area contributed by atoms with Crippen molar-refractivity contribution in [1.29, 1.82) is 0 Å². The summed E-state index contributed by atoms with van der Waals surface area (Å²) in [5.74, 6) is 0.779. The molecular formula is C10H11BrN2O3. The van der Waals surface area contributed by atoms with Crippen LogP contribution in [0.3, 0.4) is 0 Å². The summed E-state index contributed by atoms with van der Waals surface area (Å²) in [6.45, 7) is 0.0523. The van der Waals surface area contributed by atoms with Gasteiger partial charge in [-0.2, -0.15) is 0 Å². The lowest BCUT2D eigenvalue weighted by Crippen LogP contribution is -2.37. The second-order valence-corrected chi connectivity index (χ2v) is 4.38. The van der Waals surface area contributed by atoms with E-state index < -0.39 is 6.10 Å². The van der Waals surface area contributed by atoms with Crippen LogP contribution >= 0.6 is 15.9 Å². The number of nitrogens with one attached hydrogen (secondary N) is 1. The van der Waals surface area contributed by atoms with E-state index in [0.29, 0.717) is 24.4 Å². The number of carbonyl (C=O) groups is 1. The summed E-state index contributed by atoms with van der Waals surface area (Å²) in [7, 11) is 0. The summed E-state index contributed by atoms with van der Waals surface area (Å²) in [4.78, 5) is 15.6. The Labute approximate surface area is 101 Å². The third-order valence-corrected chi connectivity index (χ3v) is 2.68. The van der Waals surface area contributed by atoms with Crippen LogP contribution in [0.4, 0.5) is 5.82 Å². The van der Waals surface area contributed by atoms with E-state index in [4.69, 9.17) is 9.84 Å². The van der Waals surface area contributed by atoms with Gasteiger partial charge in [0.15, 0.2) is 17.7 Å². The van der Waals surface area contributed by atoms with Gasteiger partial charge in [-0.1, -0.05) is 0 Å². The molecule has 1 aromatic rings. The van der Waals surface area contributed by atoms with E-state index in [-0.39, 0.29) is 12.5 Å². The van der Waals surface area contributed by atoms with Crippen molar-refractivity contribution in [2.24, 2.45) is 0 Å². The molecule has 1 unspecified atom stereocenters. The van der Waals surface area contributed by atoms with Crippen LogP contribution in [0.15, 0.2) is 16.7 Å². The van der Waals surface area contributed by atoms with Crippen molar-refractivity contribution < 1.29 is 14.6 Å². The SMILES string of the molecule is O=C1Nc2ncc(Br)cc2OC1CCCO. The molecule has 16 heavy (non-hydrogen) atoms. The van der Waals surface area contributed by atoms with Crippen molar-refractivity contribution in [2.75, 3.05) is 11.9 Å². The lowest BCUT2D eigenvalue weighted by molar-refractivity contribution is -0.123. The molecule has 0 saturated heterocycles. The number of ether oxygens (including phenoxy) is 1. The Kier molecular flexibility index (Phi) is 3.40. The zero-order chi connectivity index (χ0) is 11.5. The molecule has 0 aliphatic carbocycles. The average Bonchev–Trinajstić information content (AvgIpc) is 2.27. The van der Waals surface area contributed by atoms with Crippen LogP contribution in [0.5, 0.6) is 5.75 Å². The predicted molar refractivity (Wildman–Crippen MR) is 61.3 cm³/mol. The van der Waals surface area contributed by atoms with Crippen LogP contribution in [-0.2, 0) is 4.79 Å². The number of amides is 1. The summed E-state index contributed by atoms with van der Waals surface area (Å²) < 4.78 is 6.31. The van der Waals surface area contributed by atoms with Crippen LogP contribution in [0.2, 0.25) is 0 Å². The fourth-order valence-electron chi connectivity index (χ4n) is 1.48. The number of rotatable bonds is 3. The highest BCUT2D eigenvalue weighted by Gasteiger charge is 2.27. The van der Waals surface area contributed by atoms with E-state index in [1.54, 1.807) is 12.3 Å². The molecule has 2 rings (SSSR count). The Bertz CT molecular complexity index is 411. The summed E-state index contributed by atoms with van der Waals surface area (Å²) >= 11 is 3.28. The molecule has 0 bridgehead atoms. The monoisotopic (exact) mass is 286 g/mol. The van der Waals surface area contributed by atoms with Gasteiger partial charge < -0.3 is 15.2 Å². The smallest absolute Gasteiger partial charge is 0.266 e. The first-order chi connectivity index (χ1) is 7.70. The number of aliphatic hydroxyl groups is 1. The molecule has 0 aromatic carbocycles. The molecule has 1 aliphatic heterocycles. The first-order valence-electron chi connectivity index (χ1n) is 4.94. The van der Waals surface area contributed by atoms with Crippen LogP contribution in [0, 0.1) is 0 Å². The molecule has 2 heterocycles. The molecule has 1 aliphatic rings. The Morgan fingerprint density at radius 2 is 2.44 bits per heavy atom. The van der Waals surface area contributed by atoms with Gasteiger partial charge in [0, 0.05) is 17.3 Å². The number of carbonyl (C=O) groups excluding carboxylic acids is 1. The van der Waals surface area contributed by atoms with E-state index in [1.165, 1.54) is 0 Å². The molecule has 2 N–H and O–H groups in total. The van der Waals surface area contributed by atoms with Gasteiger partial charge in [-0.05, 0) is 34.8 Å². The number of aromatic nitrogens is 1. The maximum atomic E-state index is 11.6. The lowest BCUT2D eigenvalue weighted by atomic mass is 10.1. The van der Waals surface area contributed by atoms with Crippen molar-refractivity contribution in [3.63, 3.8) is 0 Å². The summed E-state index contributed by atoms with van der Waals surface area (Å²) in [6, 6.07) is 1.76. The fraction of sp³-hybridized carbons (Fsp3) is 0.400. The zero-order valence-corrected chi connectivity index (χ0v) is 10.0. The van der Waals surface area contributed by atoms with E-state index in [2.05, 4.69) is 26.2 Å². The number of nitrogens with zero attached hydrogens (tertiary/aromatic N) is 1. The molecule has 0 spiro atoms. The number of anilines is 1. The molecular weight excluding hydrogens is 276 g/mol. The van der Waals surface area contributed by atoms with E-state index >= 15 is 0 Å². The lowest BCUT2D eigenvalue weighted by Gasteiger charge is -2.24. The number of pyridine rings is 1.